The molecular formula is C14H18FNO. The van der Waals surface area contributed by atoms with Crippen LogP contribution in [0.1, 0.15) is 30.9 Å². The Morgan fingerprint density at radius 3 is 2.65 bits per heavy atom. The summed E-state index contributed by atoms with van der Waals surface area (Å²) in [6, 6.07) is 5.16. The third-order valence-electron chi connectivity index (χ3n) is 3.16. The third kappa shape index (κ3) is 3.37. The van der Waals surface area contributed by atoms with Crippen LogP contribution in [-0.4, -0.2) is 23.8 Å². The van der Waals surface area contributed by atoms with Gasteiger partial charge in [-0.05, 0) is 44.5 Å². The van der Waals surface area contributed by atoms with E-state index in [2.05, 4.69) is 4.90 Å². The van der Waals surface area contributed by atoms with Gasteiger partial charge in [0.1, 0.15) is 11.6 Å². The van der Waals surface area contributed by atoms with Crippen molar-refractivity contribution in [1.82, 2.24) is 4.90 Å². The summed E-state index contributed by atoms with van der Waals surface area (Å²) in [6.07, 6.45) is 2.75. The Kier molecular flexibility index (Phi) is 3.89. The lowest BCUT2D eigenvalue weighted by Crippen LogP contribution is -2.19. The number of nitrogens with zero attached hydrogens (tertiary/aromatic N) is 1. The van der Waals surface area contributed by atoms with Gasteiger partial charge in [0.25, 0.3) is 0 Å². The average molecular weight is 235 g/mol. The SMILES string of the molecule is CC(=O)Cc1ccc(CN2CCCC2)c(F)c1. The van der Waals surface area contributed by atoms with Crippen molar-refractivity contribution in [1.29, 1.82) is 0 Å². The third-order valence-corrected chi connectivity index (χ3v) is 3.16. The zero-order valence-corrected chi connectivity index (χ0v) is 10.2. The number of Topliss-reactive ketones (excluding diaryl/α,β-unsaturated/α-hetero) is 1. The molecule has 0 aromatic heterocycles. The van der Waals surface area contributed by atoms with E-state index in [1.165, 1.54) is 25.8 Å². The monoisotopic (exact) mass is 235 g/mol. The van der Waals surface area contributed by atoms with Crippen LogP contribution >= 0.6 is 0 Å². The normalized spacial score (nSPS) is 16.4. The van der Waals surface area contributed by atoms with Crippen LogP contribution < -0.4 is 0 Å². The molecule has 1 aliphatic heterocycles. The molecule has 0 spiro atoms. The minimum Gasteiger partial charge on any atom is -0.300 e. The maximum absolute atomic E-state index is 13.8. The molecule has 2 rings (SSSR count). The summed E-state index contributed by atoms with van der Waals surface area (Å²) in [6.45, 7) is 4.34. The second-order valence-electron chi connectivity index (χ2n) is 4.79. The van der Waals surface area contributed by atoms with Gasteiger partial charge in [0.15, 0.2) is 0 Å². The fourth-order valence-electron chi connectivity index (χ4n) is 2.30. The Morgan fingerprint density at radius 1 is 1.35 bits per heavy atom. The number of carbonyl (C=O) groups excluding carboxylic acids is 1. The first-order chi connectivity index (χ1) is 8.15. The van der Waals surface area contributed by atoms with E-state index in [-0.39, 0.29) is 11.6 Å². The van der Waals surface area contributed by atoms with Gasteiger partial charge in [0.05, 0.1) is 0 Å². The number of likely N-dealkylation sites (tertiary alicyclic amines) is 1. The Hall–Kier alpha value is -1.22. The van der Waals surface area contributed by atoms with Gasteiger partial charge in [0, 0.05) is 18.5 Å². The Balaban J connectivity index is 2.05. The molecule has 92 valence electrons. The predicted octanol–water partition coefficient (Wildman–Crippen LogP) is 2.55. The van der Waals surface area contributed by atoms with Gasteiger partial charge in [-0.2, -0.15) is 0 Å². The summed E-state index contributed by atoms with van der Waals surface area (Å²) < 4.78 is 13.8. The van der Waals surface area contributed by atoms with Crippen LogP contribution in [0.4, 0.5) is 4.39 Å². The zero-order chi connectivity index (χ0) is 12.3. The van der Waals surface area contributed by atoms with Crippen LogP contribution in [0.25, 0.3) is 0 Å². The molecule has 3 heteroatoms. The first kappa shape index (κ1) is 12.2. The number of benzene rings is 1. The second-order valence-corrected chi connectivity index (χ2v) is 4.79. The summed E-state index contributed by atoms with van der Waals surface area (Å²) in [5.41, 5.74) is 1.50. The quantitative estimate of drug-likeness (QED) is 0.799. The number of hydrogen-bond donors (Lipinski definition) is 0. The van der Waals surface area contributed by atoms with Crippen LogP contribution in [0, 0.1) is 5.82 Å². The highest BCUT2D eigenvalue weighted by molar-refractivity contribution is 5.78. The van der Waals surface area contributed by atoms with Gasteiger partial charge in [-0.15, -0.1) is 0 Å². The number of rotatable bonds is 4. The number of hydrogen-bond acceptors (Lipinski definition) is 2. The van der Waals surface area contributed by atoms with Gasteiger partial charge in [0.2, 0.25) is 0 Å². The highest BCUT2D eigenvalue weighted by Crippen LogP contribution is 2.16. The number of halogens is 1. The minimum absolute atomic E-state index is 0.0664. The van der Waals surface area contributed by atoms with Crippen molar-refractivity contribution in [2.45, 2.75) is 32.7 Å². The smallest absolute Gasteiger partial charge is 0.134 e. The molecule has 0 aliphatic carbocycles. The lowest BCUT2D eigenvalue weighted by molar-refractivity contribution is -0.116. The van der Waals surface area contributed by atoms with Gasteiger partial charge >= 0.3 is 0 Å². The second kappa shape index (κ2) is 5.41. The molecule has 1 heterocycles. The summed E-state index contributed by atoms with van der Waals surface area (Å²) in [5, 5.41) is 0. The molecule has 1 aromatic rings. The maximum Gasteiger partial charge on any atom is 0.134 e. The average Bonchev–Trinajstić information content (AvgIpc) is 2.74. The molecular weight excluding hydrogens is 217 g/mol. The van der Waals surface area contributed by atoms with E-state index in [0.29, 0.717) is 13.0 Å². The first-order valence-electron chi connectivity index (χ1n) is 6.14. The van der Waals surface area contributed by atoms with Crippen molar-refractivity contribution in [3.8, 4) is 0 Å². The van der Waals surface area contributed by atoms with Crippen LogP contribution in [0.5, 0.6) is 0 Å². The first-order valence-corrected chi connectivity index (χ1v) is 6.14. The maximum atomic E-state index is 13.8. The van der Waals surface area contributed by atoms with E-state index in [1.807, 2.05) is 12.1 Å². The standard InChI is InChI=1S/C14H18FNO/c1-11(17)8-12-4-5-13(14(15)9-12)10-16-6-2-3-7-16/h4-5,9H,2-3,6-8,10H2,1H3. The van der Waals surface area contributed by atoms with Crippen LogP contribution in [0.3, 0.4) is 0 Å². The fourth-order valence-corrected chi connectivity index (χ4v) is 2.30. The molecule has 1 aromatic carbocycles. The molecule has 1 fully saturated rings. The largest absolute Gasteiger partial charge is 0.300 e. The molecule has 17 heavy (non-hydrogen) atoms. The molecule has 0 atom stereocenters. The lowest BCUT2D eigenvalue weighted by Gasteiger charge is -2.15. The lowest BCUT2D eigenvalue weighted by atomic mass is 10.1. The Labute approximate surface area is 101 Å². The van der Waals surface area contributed by atoms with Crippen molar-refractivity contribution < 1.29 is 9.18 Å². The summed E-state index contributed by atoms with van der Waals surface area (Å²) in [4.78, 5) is 13.2. The molecule has 0 N–H and O–H groups in total. The van der Waals surface area contributed by atoms with Gasteiger partial charge in [-0.25, -0.2) is 4.39 Å². The highest BCUT2D eigenvalue weighted by Gasteiger charge is 2.14. The molecule has 1 saturated heterocycles. The number of ketones is 1. The fraction of sp³-hybridized carbons (Fsp3) is 0.500. The van der Waals surface area contributed by atoms with E-state index in [9.17, 15) is 9.18 Å². The number of carbonyl (C=O) groups is 1. The Bertz CT molecular complexity index is 411. The Morgan fingerprint density at radius 2 is 2.06 bits per heavy atom. The van der Waals surface area contributed by atoms with Gasteiger partial charge in [-0.3, -0.25) is 9.69 Å². The summed E-state index contributed by atoms with van der Waals surface area (Å²) in [7, 11) is 0. The van der Waals surface area contributed by atoms with Crippen molar-refractivity contribution >= 4 is 5.78 Å². The summed E-state index contributed by atoms with van der Waals surface area (Å²) in [5.74, 6) is -0.118. The van der Waals surface area contributed by atoms with Crippen molar-refractivity contribution in [2.24, 2.45) is 0 Å². The van der Waals surface area contributed by atoms with Crippen molar-refractivity contribution in [3.05, 3.63) is 35.1 Å². The van der Waals surface area contributed by atoms with Gasteiger partial charge < -0.3 is 0 Å². The van der Waals surface area contributed by atoms with Crippen molar-refractivity contribution in [3.63, 3.8) is 0 Å². The minimum atomic E-state index is -0.185. The highest BCUT2D eigenvalue weighted by atomic mass is 19.1. The van der Waals surface area contributed by atoms with E-state index < -0.39 is 0 Å². The van der Waals surface area contributed by atoms with Gasteiger partial charge in [-0.1, -0.05) is 12.1 Å². The van der Waals surface area contributed by atoms with Crippen LogP contribution in [-0.2, 0) is 17.8 Å². The molecule has 0 radical (unpaired) electrons. The molecule has 0 amide bonds. The van der Waals surface area contributed by atoms with E-state index in [0.717, 1.165) is 24.2 Å². The van der Waals surface area contributed by atoms with Crippen LogP contribution in [0.2, 0.25) is 0 Å². The predicted molar refractivity (Wildman–Crippen MR) is 65.3 cm³/mol. The van der Waals surface area contributed by atoms with E-state index >= 15 is 0 Å². The van der Waals surface area contributed by atoms with E-state index in [4.69, 9.17) is 0 Å². The van der Waals surface area contributed by atoms with E-state index in [1.54, 1.807) is 0 Å². The molecule has 1 aliphatic rings. The molecule has 0 unspecified atom stereocenters. The summed E-state index contributed by atoms with van der Waals surface area (Å²) >= 11 is 0. The van der Waals surface area contributed by atoms with Crippen molar-refractivity contribution in [2.75, 3.05) is 13.1 Å². The van der Waals surface area contributed by atoms with Crippen LogP contribution in [0.15, 0.2) is 18.2 Å². The zero-order valence-electron chi connectivity index (χ0n) is 10.2. The molecule has 0 saturated carbocycles. The molecule has 2 nitrogen and oxygen atoms in total. The molecule has 0 bridgehead atoms. The topological polar surface area (TPSA) is 20.3 Å².